The van der Waals surface area contributed by atoms with Crippen molar-refractivity contribution in [2.75, 3.05) is 19.7 Å². The number of thiazole rings is 1. The molecule has 9 heteroatoms. The number of hydrogen-bond acceptors (Lipinski definition) is 4. The van der Waals surface area contributed by atoms with Gasteiger partial charge in [0.2, 0.25) is 0 Å². The zero-order valence-corrected chi connectivity index (χ0v) is 17.0. The van der Waals surface area contributed by atoms with Gasteiger partial charge in [-0.05, 0) is 25.3 Å². The molecule has 5 nitrogen and oxygen atoms in total. The smallest absolute Gasteiger partial charge is 0.373 e. The molecule has 0 bridgehead atoms. The van der Waals surface area contributed by atoms with E-state index in [2.05, 4.69) is 32.7 Å². The topological polar surface area (TPSA) is 58.5 Å². The van der Waals surface area contributed by atoms with Crippen LogP contribution in [0.1, 0.15) is 42.1 Å². The van der Waals surface area contributed by atoms with E-state index in [0.29, 0.717) is 24.1 Å². The predicted octanol–water partition coefficient (Wildman–Crippen LogP) is 4.38. The Labute approximate surface area is 172 Å². The van der Waals surface area contributed by atoms with Gasteiger partial charge in [0.1, 0.15) is 5.01 Å². The van der Waals surface area contributed by atoms with Crippen molar-refractivity contribution in [1.82, 2.24) is 15.6 Å². The lowest BCUT2D eigenvalue weighted by atomic mass is 9.89. The monoisotopic (exact) mass is 426 g/mol. The number of hydrogen-bond donors (Lipinski definition) is 2. The molecule has 1 aliphatic rings. The highest BCUT2D eigenvalue weighted by atomic mass is 32.1. The van der Waals surface area contributed by atoms with Gasteiger partial charge in [-0.25, -0.2) is 9.98 Å². The van der Waals surface area contributed by atoms with Crippen LogP contribution in [0.2, 0.25) is 0 Å². The Kier molecular flexibility index (Phi) is 7.49. The lowest BCUT2D eigenvalue weighted by Gasteiger charge is -2.32. The second-order valence-corrected chi connectivity index (χ2v) is 7.75. The van der Waals surface area contributed by atoms with Gasteiger partial charge in [-0.3, -0.25) is 0 Å². The average molecular weight is 427 g/mol. The highest BCUT2D eigenvalue weighted by Crippen LogP contribution is 2.33. The predicted molar refractivity (Wildman–Crippen MR) is 108 cm³/mol. The second-order valence-electron chi connectivity index (χ2n) is 6.80. The van der Waals surface area contributed by atoms with Crippen LogP contribution in [0.4, 0.5) is 13.2 Å². The van der Waals surface area contributed by atoms with Crippen LogP contribution in [-0.4, -0.2) is 30.6 Å². The summed E-state index contributed by atoms with van der Waals surface area (Å²) in [5.74, 6) is 0.848. The van der Waals surface area contributed by atoms with Crippen LogP contribution < -0.4 is 10.6 Å². The van der Waals surface area contributed by atoms with Crippen molar-refractivity contribution >= 4 is 17.3 Å². The number of alkyl halides is 3. The average Bonchev–Trinajstić information content (AvgIpc) is 3.21. The zero-order valence-electron chi connectivity index (χ0n) is 16.2. The molecule has 0 saturated carbocycles. The molecular weight excluding hydrogens is 401 g/mol. The lowest BCUT2D eigenvalue weighted by molar-refractivity contribution is -0.140. The van der Waals surface area contributed by atoms with Gasteiger partial charge in [0.15, 0.2) is 11.7 Å². The Morgan fingerprint density at radius 3 is 2.76 bits per heavy atom. The number of nitrogens with zero attached hydrogens (tertiary/aromatic N) is 2. The van der Waals surface area contributed by atoms with Gasteiger partial charge in [-0.2, -0.15) is 13.2 Å². The number of benzene rings is 1. The molecule has 0 aliphatic carbocycles. The summed E-state index contributed by atoms with van der Waals surface area (Å²) in [5.41, 5.74) is 0.291. The Morgan fingerprint density at radius 1 is 1.28 bits per heavy atom. The SMILES string of the molecule is CCNC(=NCc1nc(C(F)(F)F)cs1)NCC1CCCOC1c1ccccc1. The van der Waals surface area contributed by atoms with Crippen molar-refractivity contribution in [2.45, 2.75) is 38.6 Å². The summed E-state index contributed by atoms with van der Waals surface area (Å²) in [4.78, 5) is 8.02. The van der Waals surface area contributed by atoms with Crippen molar-refractivity contribution < 1.29 is 17.9 Å². The molecule has 1 aromatic heterocycles. The van der Waals surface area contributed by atoms with Crippen LogP contribution in [-0.2, 0) is 17.5 Å². The fourth-order valence-electron chi connectivity index (χ4n) is 3.29. The molecule has 29 heavy (non-hydrogen) atoms. The Hall–Kier alpha value is -2.13. The molecule has 3 rings (SSSR count). The molecule has 0 spiro atoms. The quantitative estimate of drug-likeness (QED) is 0.532. The lowest BCUT2D eigenvalue weighted by Crippen LogP contribution is -2.42. The highest BCUT2D eigenvalue weighted by Gasteiger charge is 2.33. The summed E-state index contributed by atoms with van der Waals surface area (Å²) < 4.78 is 44.1. The largest absolute Gasteiger partial charge is 0.434 e. The number of rotatable bonds is 6. The zero-order chi connectivity index (χ0) is 20.7. The van der Waals surface area contributed by atoms with Gasteiger partial charge in [0, 0.05) is 31.0 Å². The second kappa shape index (κ2) is 10.1. The van der Waals surface area contributed by atoms with E-state index in [1.807, 2.05) is 25.1 Å². The molecule has 1 fully saturated rings. The van der Waals surface area contributed by atoms with Crippen LogP contribution in [0.5, 0.6) is 0 Å². The van der Waals surface area contributed by atoms with Gasteiger partial charge in [-0.15, -0.1) is 11.3 Å². The molecule has 158 valence electrons. The summed E-state index contributed by atoms with van der Waals surface area (Å²) in [7, 11) is 0. The summed E-state index contributed by atoms with van der Waals surface area (Å²) in [6, 6.07) is 10.1. The molecule has 2 atom stereocenters. The van der Waals surface area contributed by atoms with Gasteiger partial charge in [-0.1, -0.05) is 30.3 Å². The first-order valence-electron chi connectivity index (χ1n) is 9.67. The molecule has 2 heterocycles. The summed E-state index contributed by atoms with van der Waals surface area (Å²) >= 11 is 0.967. The number of halogens is 3. The minimum Gasteiger partial charge on any atom is -0.373 e. The number of ether oxygens (including phenoxy) is 1. The minimum atomic E-state index is -4.42. The van der Waals surface area contributed by atoms with Gasteiger partial charge >= 0.3 is 6.18 Å². The van der Waals surface area contributed by atoms with Crippen molar-refractivity contribution in [1.29, 1.82) is 0 Å². The van der Waals surface area contributed by atoms with E-state index >= 15 is 0 Å². The summed E-state index contributed by atoms with van der Waals surface area (Å²) in [6.07, 6.45) is -2.36. The van der Waals surface area contributed by atoms with Crippen LogP contribution in [0.25, 0.3) is 0 Å². The third-order valence-corrected chi connectivity index (χ3v) is 5.50. The Bertz CT molecular complexity index is 795. The molecule has 0 amide bonds. The van der Waals surface area contributed by atoms with E-state index in [1.165, 1.54) is 0 Å². The maximum Gasteiger partial charge on any atom is 0.434 e. The number of guanidine groups is 1. The first kappa shape index (κ1) is 21.6. The van der Waals surface area contributed by atoms with Gasteiger partial charge < -0.3 is 15.4 Å². The van der Waals surface area contributed by atoms with Crippen LogP contribution in [0, 0.1) is 5.92 Å². The van der Waals surface area contributed by atoms with Crippen molar-refractivity contribution in [2.24, 2.45) is 10.9 Å². The molecule has 2 aromatic rings. The molecule has 1 aliphatic heterocycles. The Morgan fingerprint density at radius 2 is 2.07 bits per heavy atom. The van der Waals surface area contributed by atoms with Crippen molar-refractivity contribution in [3.05, 3.63) is 52.0 Å². The molecule has 2 N–H and O–H groups in total. The van der Waals surface area contributed by atoms with Crippen molar-refractivity contribution in [3.63, 3.8) is 0 Å². The number of aromatic nitrogens is 1. The minimum absolute atomic E-state index is 0.0219. The van der Waals surface area contributed by atoms with E-state index in [1.54, 1.807) is 0 Å². The maximum absolute atomic E-state index is 12.7. The molecule has 2 unspecified atom stereocenters. The van der Waals surface area contributed by atoms with E-state index in [9.17, 15) is 13.2 Å². The van der Waals surface area contributed by atoms with E-state index in [-0.39, 0.29) is 18.6 Å². The first-order chi connectivity index (χ1) is 14.0. The van der Waals surface area contributed by atoms with E-state index in [4.69, 9.17) is 4.74 Å². The van der Waals surface area contributed by atoms with Crippen LogP contribution >= 0.6 is 11.3 Å². The fourth-order valence-corrected chi connectivity index (χ4v) is 4.02. The van der Waals surface area contributed by atoms with E-state index < -0.39 is 11.9 Å². The number of aliphatic imine (C=N–C) groups is 1. The standard InChI is InChI=1S/C20H25F3N4OS/c1-2-24-19(26-12-17-27-16(13-29-17)20(21,22)23)25-11-15-9-6-10-28-18(15)14-7-4-3-5-8-14/h3-5,7-8,13,15,18H,2,6,9-12H2,1H3,(H2,24,25,26). The molecule has 0 radical (unpaired) electrons. The molecule has 1 saturated heterocycles. The summed E-state index contributed by atoms with van der Waals surface area (Å²) in [6.45, 7) is 4.10. The number of nitrogens with one attached hydrogen (secondary N) is 2. The highest BCUT2D eigenvalue weighted by molar-refractivity contribution is 7.09. The maximum atomic E-state index is 12.7. The molecular formula is C20H25F3N4OS. The third kappa shape index (κ3) is 6.17. The van der Waals surface area contributed by atoms with Gasteiger partial charge in [0.25, 0.3) is 0 Å². The van der Waals surface area contributed by atoms with Crippen LogP contribution in [0.15, 0.2) is 40.7 Å². The fraction of sp³-hybridized carbons (Fsp3) is 0.500. The van der Waals surface area contributed by atoms with Crippen LogP contribution in [0.3, 0.4) is 0 Å². The third-order valence-electron chi connectivity index (χ3n) is 4.66. The van der Waals surface area contributed by atoms with Crippen molar-refractivity contribution in [3.8, 4) is 0 Å². The normalized spacial score (nSPS) is 20.5. The summed E-state index contributed by atoms with van der Waals surface area (Å²) in [5, 5.41) is 7.80. The van der Waals surface area contributed by atoms with E-state index in [0.717, 1.165) is 41.7 Å². The van der Waals surface area contributed by atoms with Gasteiger partial charge in [0.05, 0.1) is 12.6 Å². The Balaban J connectivity index is 1.62. The molecule has 1 aromatic carbocycles. The first-order valence-corrected chi connectivity index (χ1v) is 10.6.